The first-order valence-electron chi connectivity index (χ1n) is 3.03. The minimum absolute atomic E-state index is 0.0779. The van der Waals surface area contributed by atoms with Crippen molar-refractivity contribution in [3.63, 3.8) is 0 Å². The van der Waals surface area contributed by atoms with E-state index < -0.39 is 0 Å². The van der Waals surface area contributed by atoms with Gasteiger partial charge in [-0.15, -0.1) is 0 Å². The number of hydrogen-bond acceptors (Lipinski definition) is 2. The summed E-state index contributed by atoms with van der Waals surface area (Å²) in [6, 6.07) is 0. The maximum absolute atomic E-state index is 10.6. The molecule has 9 heavy (non-hydrogen) atoms. The van der Waals surface area contributed by atoms with Crippen molar-refractivity contribution >= 4 is 15.7 Å². The van der Waals surface area contributed by atoms with Gasteiger partial charge < -0.3 is 4.43 Å². The molecular weight excluding hydrogens is 132 g/mol. The highest BCUT2D eigenvalue weighted by molar-refractivity contribution is 6.28. The van der Waals surface area contributed by atoms with Crippen molar-refractivity contribution in [1.82, 2.24) is 0 Å². The van der Waals surface area contributed by atoms with Gasteiger partial charge >= 0.3 is 9.76 Å². The van der Waals surface area contributed by atoms with Crippen LogP contribution in [-0.4, -0.2) is 15.7 Å². The Balaban J connectivity index is 3.27. The second kappa shape index (κ2) is 4.55. The van der Waals surface area contributed by atoms with Crippen LogP contribution in [-0.2, 0) is 9.22 Å². The molecule has 52 valence electrons. The van der Waals surface area contributed by atoms with E-state index in [0.717, 1.165) is 0 Å². The predicted molar refractivity (Wildman–Crippen MR) is 37.2 cm³/mol. The van der Waals surface area contributed by atoms with Gasteiger partial charge in [-0.1, -0.05) is 13.8 Å². The lowest BCUT2D eigenvalue weighted by Gasteiger charge is -2.02. The van der Waals surface area contributed by atoms with Crippen LogP contribution >= 0.6 is 0 Å². The Hall–Kier alpha value is -0.313. The molecule has 0 atom stereocenters. The van der Waals surface area contributed by atoms with Crippen molar-refractivity contribution in [2.24, 2.45) is 5.92 Å². The van der Waals surface area contributed by atoms with Crippen molar-refractivity contribution in [3.8, 4) is 0 Å². The molecule has 0 saturated heterocycles. The molecule has 0 aromatic rings. The fourth-order valence-electron chi connectivity index (χ4n) is 0.489. The Labute approximate surface area is 58.5 Å². The summed E-state index contributed by atoms with van der Waals surface area (Å²) in [5, 5.41) is 0. The largest absolute Gasteiger partial charge is 0.517 e. The first-order valence-corrected chi connectivity index (χ1v) is 4.44. The van der Waals surface area contributed by atoms with E-state index in [-0.39, 0.29) is 15.7 Å². The van der Waals surface area contributed by atoms with Crippen LogP contribution in [0.1, 0.15) is 20.3 Å². The van der Waals surface area contributed by atoms with Gasteiger partial charge in [0.2, 0.25) is 0 Å². The Morgan fingerprint density at radius 2 is 2.22 bits per heavy atom. The van der Waals surface area contributed by atoms with Crippen molar-refractivity contribution in [3.05, 3.63) is 0 Å². The summed E-state index contributed by atoms with van der Waals surface area (Å²) < 4.78 is 4.74. The van der Waals surface area contributed by atoms with Crippen LogP contribution < -0.4 is 0 Å². The Bertz CT molecular complexity index is 91.1. The molecule has 0 aromatic carbocycles. The van der Waals surface area contributed by atoms with E-state index in [1.54, 1.807) is 0 Å². The highest BCUT2D eigenvalue weighted by Crippen LogP contribution is 1.99. The average Bonchev–Trinajstić information content (AvgIpc) is 1.63. The topological polar surface area (TPSA) is 26.3 Å². The maximum atomic E-state index is 10.6. The summed E-state index contributed by atoms with van der Waals surface area (Å²) >= 11 is 0. The highest BCUT2D eigenvalue weighted by atomic mass is 28.2. The molecule has 0 aliphatic rings. The Morgan fingerprint density at radius 1 is 1.67 bits per heavy atom. The molecule has 0 fully saturated rings. The number of rotatable bonds is 3. The van der Waals surface area contributed by atoms with Crippen LogP contribution in [0.15, 0.2) is 0 Å². The molecule has 0 aliphatic heterocycles. The summed E-state index contributed by atoms with van der Waals surface area (Å²) in [5.74, 6) is 0.333. The second-order valence-electron chi connectivity index (χ2n) is 2.28. The van der Waals surface area contributed by atoms with Gasteiger partial charge in [0, 0.05) is 6.42 Å². The summed E-state index contributed by atoms with van der Waals surface area (Å²) in [6.07, 6.45) is 0.542. The third kappa shape index (κ3) is 5.56. The fourth-order valence-corrected chi connectivity index (χ4v) is 0.800. The summed E-state index contributed by atoms with van der Waals surface area (Å²) in [4.78, 5) is 10.6. The lowest BCUT2D eigenvalue weighted by molar-refractivity contribution is -0.135. The quantitative estimate of drug-likeness (QED) is 0.557. The third-order valence-electron chi connectivity index (χ3n) is 0.791. The molecule has 0 rings (SSSR count). The second-order valence-corrected chi connectivity index (χ2v) is 2.89. The molecule has 0 spiro atoms. The molecule has 3 heteroatoms. The van der Waals surface area contributed by atoms with Gasteiger partial charge in [-0.25, -0.2) is 0 Å². The molecule has 2 radical (unpaired) electrons. The zero-order valence-corrected chi connectivity index (χ0v) is 7.10. The smallest absolute Gasteiger partial charge is 0.311 e. The van der Waals surface area contributed by atoms with E-state index in [1.165, 1.54) is 0 Å². The SMILES string of the molecule is C[Si]OC(=O)CC(C)C. The normalized spacial score (nSPS) is 9.78. The Kier molecular flexibility index (Phi) is 4.40. The predicted octanol–water partition coefficient (Wildman–Crippen LogP) is 1.24. The molecule has 0 unspecified atom stereocenters. The van der Waals surface area contributed by atoms with Crippen LogP contribution in [0.2, 0.25) is 6.55 Å². The molecule has 0 aromatic heterocycles. The molecule has 0 N–H and O–H groups in total. The van der Waals surface area contributed by atoms with Crippen LogP contribution in [0.25, 0.3) is 0 Å². The molecular formula is C6H12O2Si. The van der Waals surface area contributed by atoms with Crippen LogP contribution in [0.3, 0.4) is 0 Å². The van der Waals surface area contributed by atoms with Gasteiger partial charge in [0.1, 0.15) is 0 Å². The lowest BCUT2D eigenvalue weighted by Crippen LogP contribution is -2.08. The van der Waals surface area contributed by atoms with E-state index in [2.05, 4.69) is 0 Å². The fraction of sp³-hybridized carbons (Fsp3) is 0.833. The van der Waals surface area contributed by atoms with Gasteiger partial charge in [-0.05, 0) is 12.5 Å². The van der Waals surface area contributed by atoms with Crippen molar-refractivity contribution < 1.29 is 9.22 Å². The first-order chi connectivity index (χ1) is 4.16. The van der Waals surface area contributed by atoms with Gasteiger partial charge in [0.25, 0.3) is 5.97 Å². The van der Waals surface area contributed by atoms with E-state index in [4.69, 9.17) is 4.43 Å². The van der Waals surface area contributed by atoms with Gasteiger partial charge in [0.15, 0.2) is 0 Å². The number of carbonyl (C=O) groups is 1. The summed E-state index contributed by atoms with van der Waals surface area (Å²) in [7, 11) is 0.288. The summed E-state index contributed by atoms with van der Waals surface area (Å²) in [5.41, 5.74) is 0. The number of hydrogen-bond donors (Lipinski definition) is 0. The summed E-state index contributed by atoms with van der Waals surface area (Å²) in [6.45, 7) is 5.85. The van der Waals surface area contributed by atoms with E-state index >= 15 is 0 Å². The average molecular weight is 144 g/mol. The van der Waals surface area contributed by atoms with Gasteiger partial charge in [-0.2, -0.15) is 0 Å². The molecule has 0 heterocycles. The molecule has 0 bridgehead atoms. The standard InChI is InChI=1S/C6H12O2Si/c1-5(2)4-6(7)8-9-3/h5H,4H2,1-3H3. The minimum Gasteiger partial charge on any atom is -0.517 e. The van der Waals surface area contributed by atoms with Crippen LogP contribution in [0.5, 0.6) is 0 Å². The molecule has 0 aliphatic carbocycles. The number of carbonyl (C=O) groups excluding carboxylic acids is 1. The van der Waals surface area contributed by atoms with Crippen LogP contribution in [0, 0.1) is 5.92 Å². The Morgan fingerprint density at radius 3 is 2.56 bits per heavy atom. The van der Waals surface area contributed by atoms with E-state index in [9.17, 15) is 4.79 Å². The zero-order valence-electron chi connectivity index (χ0n) is 6.10. The van der Waals surface area contributed by atoms with E-state index in [1.807, 2.05) is 20.4 Å². The highest BCUT2D eigenvalue weighted by Gasteiger charge is 2.03. The molecule has 2 nitrogen and oxygen atoms in total. The van der Waals surface area contributed by atoms with Crippen molar-refractivity contribution in [1.29, 1.82) is 0 Å². The lowest BCUT2D eigenvalue weighted by atomic mass is 10.1. The van der Waals surface area contributed by atoms with Gasteiger partial charge in [-0.3, -0.25) is 4.79 Å². The monoisotopic (exact) mass is 144 g/mol. The van der Waals surface area contributed by atoms with Crippen molar-refractivity contribution in [2.45, 2.75) is 26.8 Å². The van der Waals surface area contributed by atoms with Gasteiger partial charge in [0.05, 0.1) is 0 Å². The third-order valence-corrected chi connectivity index (χ3v) is 1.22. The molecule has 0 amide bonds. The minimum atomic E-state index is -0.0779. The molecule has 0 saturated carbocycles. The zero-order chi connectivity index (χ0) is 7.28. The van der Waals surface area contributed by atoms with Crippen LogP contribution in [0.4, 0.5) is 0 Å². The van der Waals surface area contributed by atoms with Crippen molar-refractivity contribution in [2.75, 3.05) is 0 Å². The first kappa shape index (κ1) is 8.69. The maximum Gasteiger partial charge on any atom is 0.311 e. The van der Waals surface area contributed by atoms with E-state index in [0.29, 0.717) is 12.3 Å².